The molecule has 0 saturated heterocycles. The van der Waals surface area contributed by atoms with Gasteiger partial charge >= 0.3 is 5.97 Å². The number of hydrogen-bond acceptors (Lipinski definition) is 4. The van der Waals surface area contributed by atoms with Gasteiger partial charge in [-0.2, -0.15) is 0 Å². The first-order valence-electron chi connectivity index (χ1n) is 5.85. The molecular weight excluding hydrogens is 220 g/mol. The molecule has 5 heteroatoms. The van der Waals surface area contributed by atoms with E-state index in [0.717, 1.165) is 0 Å². The smallest absolute Gasteiger partial charge is 0.307 e. The zero-order chi connectivity index (χ0) is 13.5. The van der Waals surface area contributed by atoms with E-state index in [9.17, 15) is 9.59 Å². The Morgan fingerprint density at radius 1 is 1.12 bits per heavy atom. The first kappa shape index (κ1) is 15.9. The lowest BCUT2D eigenvalue weighted by Gasteiger charge is -2.19. The van der Waals surface area contributed by atoms with Crippen LogP contribution < -0.4 is 5.32 Å². The van der Waals surface area contributed by atoms with Crippen LogP contribution in [0, 0.1) is 0 Å². The van der Waals surface area contributed by atoms with E-state index in [1.54, 1.807) is 19.0 Å². The number of amides is 1. The zero-order valence-electron chi connectivity index (χ0n) is 11.5. The van der Waals surface area contributed by atoms with Crippen LogP contribution in [0.5, 0.6) is 0 Å². The van der Waals surface area contributed by atoms with Crippen LogP contribution in [-0.2, 0) is 14.3 Å². The predicted molar refractivity (Wildman–Crippen MR) is 66.6 cm³/mol. The summed E-state index contributed by atoms with van der Waals surface area (Å²) in [5.41, 5.74) is -0.433. The number of ether oxygens (including phenoxy) is 1. The van der Waals surface area contributed by atoms with Crippen LogP contribution in [0.4, 0.5) is 0 Å². The molecule has 0 aliphatic carbocycles. The normalized spacial score (nSPS) is 11.1. The summed E-state index contributed by atoms with van der Waals surface area (Å²) in [4.78, 5) is 24.1. The molecule has 0 spiro atoms. The van der Waals surface area contributed by atoms with Crippen molar-refractivity contribution in [1.29, 1.82) is 0 Å². The minimum atomic E-state index is -0.433. The SMILES string of the molecule is CN(C)C(=O)CCNCCC(=O)OC(C)(C)C. The molecule has 0 unspecified atom stereocenters. The van der Waals surface area contributed by atoms with Gasteiger partial charge in [-0.3, -0.25) is 9.59 Å². The van der Waals surface area contributed by atoms with Crippen molar-refractivity contribution in [2.75, 3.05) is 27.2 Å². The number of nitrogens with zero attached hydrogens (tertiary/aromatic N) is 1. The molecule has 0 aromatic carbocycles. The first-order valence-corrected chi connectivity index (χ1v) is 5.85. The maximum atomic E-state index is 11.3. The molecule has 100 valence electrons. The van der Waals surface area contributed by atoms with Crippen molar-refractivity contribution in [3.05, 3.63) is 0 Å². The lowest BCUT2D eigenvalue weighted by atomic mass is 10.2. The summed E-state index contributed by atoms with van der Waals surface area (Å²) in [6.07, 6.45) is 0.773. The van der Waals surface area contributed by atoms with Gasteiger partial charge in [0.2, 0.25) is 5.91 Å². The predicted octanol–water partition coefficient (Wildman–Crippen LogP) is 0.786. The summed E-state index contributed by atoms with van der Waals surface area (Å²) < 4.78 is 5.15. The molecular formula is C12H24N2O3. The Labute approximate surface area is 103 Å². The molecule has 0 atom stereocenters. The average molecular weight is 244 g/mol. The number of nitrogens with one attached hydrogen (secondary N) is 1. The third-order valence-electron chi connectivity index (χ3n) is 1.94. The number of hydrogen-bond donors (Lipinski definition) is 1. The van der Waals surface area contributed by atoms with E-state index in [0.29, 0.717) is 25.9 Å². The molecule has 0 fully saturated rings. The van der Waals surface area contributed by atoms with Gasteiger partial charge in [0, 0.05) is 33.6 Å². The second-order valence-electron chi connectivity index (χ2n) is 5.12. The molecule has 0 heterocycles. The molecule has 0 rings (SSSR count). The van der Waals surface area contributed by atoms with Crippen molar-refractivity contribution in [1.82, 2.24) is 10.2 Å². The van der Waals surface area contributed by atoms with E-state index in [4.69, 9.17) is 4.74 Å². The Balaban J connectivity index is 3.53. The van der Waals surface area contributed by atoms with Gasteiger partial charge in [0.15, 0.2) is 0 Å². The van der Waals surface area contributed by atoms with Crippen molar-refractivity contribution in [2.24, 2.45) is 0 Å². The third kappa shape index (κ3) is 9.81. The van der Waals surface area contributed by atoms with Crippen LogP contribution in [0.3, 0.4) is 0 Å². The lowest BCUT2D eigenvalue weighted by molar-refractivity contribution is -0.154. The largest absolute Gasteiger partial charge is 0.460 e. The molecule has 0 bridgehead atoms. The summed E-state index contributed by atoms with van der Waals surface area (Å²) >= 11 is 0. The van der Waals surface area contributed by atoms with E-state index in [1.807, 2.05) is 20.8 Å². The molecule has 1 N–H and O–H groups in total. The minimum absolute atomic E-state index is 0.0785. The van der Waals surface area contributed by atoms with Gasteiger partial charge in [0.25, 0.3) is 0 Å². The van der Waals surface area contributed by atoms with Gasteiger partial charge in [0.1, 0.15) is 5.60 Å². The summed E-state index contributed by atoms with van der Waals surface area (Å²) in [6, 6.07) is 0. The Morgan fingerprint density at radius 3 is 2.12 bits per heavy atom. The van der Waals surface area contributed by atoms with E-state index < -0.39 is 5.60 Å². The van der Waals surface area contributed by atoms with Crippen LogP contribution in [0.1, 0.15) is 33.6 Å². The number of esters is 1. The molecule has 0 radical (unpaired) electrons. The highest BCUT2D eigenvalue weighted by atomic mass is 16.6. The van der Waals surface area contributed by atoms with Crippen LogP contribution in [0.25, 0.3) is 0 Å². The fraction of sp³-hybridized carbons (Fsp3) is 0.833. The molecule has 5 nitrogen and oxygen atoms in total. The maximum absolute atomic E-state index is 11.3. The molecule has 0 aliphatic heterocycles. The van der Waals surface area contributed by atoms with Gasteiger partial charge in [-0.15, -0.1) is 0 Å². The van der Waals surface area contributed by atoms with Gasteiger partial charge < -0.3 is 15.0 Å². The van der Waals surface area contributed by atoms with Gasteiger partial charge in [-0.1, -0.05) is 0 Å². The number of carbonyl (C=O) groups is 2. The fourth-order valence-corrected chi connectivity index (χ4v) is 1.13. The number of carbonyl (C=O) groups excluding carboxylic acids is 2. The Bertz CT molecular complexity index is 257. The third-order valence-corrected chi connectivity index (χ3v) is 1.94. The van der Waals surface area contributed by atoms with Crippen LogP contribution in [-0.4, -0.2) is 49.6 Å². The second kappa shape index (κ2) is 7.27. The summed E-state index contributed by atoms with van der Waals surface area (Å²) in [7, 11) is 3.45. The highest BCUT2D eigenvalue weighted by Gasteiger charge is 2.15. The summed E-state index contributed by atoms with van der Waals surface area (Å²) in [5.74, 6) is -0.140. The van der Waals surface area contributed by atoms with Gasteiger partial charge in [0.05, 0.1) is 6.42 Å². The summed E-state index contributed by atoms with van der Waals surface area (Å²) in [5, 5.41) is 3.04. The van der Waals surface area contributed by atoms with Crippen molar-refractivity contribution < 1.29 is 14.3 Å². The lowest BCUT2D eigenvalue weighted by Crippen LogP contribution is -2.29. The molecule has 0 aromatic heterocycles. The van der Waals surface area contributed by atoms with Crippen molar-refractivity contribution in [3.63, 3.8) is 0 Å². The van der Waals surface area contributed by atoms with E-state index in [1.165, 1.54) is 0 Å². The quantitative estimate of drug-likeness (QED) is 0.554. The zero-order valence-corrected chi connectivity index (χ0v) is 11.5. The standard InChI is InChI=1S/C12H24N2O3/c1-12(2,3)17-11(16)7-9-13-8-6-10(15)14(4)5/h13H,6-9H2,1-5H3. The maximum Gasteiger partial charge on any atom is 0.307 e. The van der Waals surface area contributed by atoms with Crippen LogP contribution in [0.2, 0.25) is 0 Å². The van der Waals surface area contributed by atoms with E-state index in [-0.39, 0.29) is 11.9 Å². The van der Waals surface area contributed by atoms with Crippen molar-refractivity contribution in [3.8, 4) is 0 Å². The van der Waals surface area contributed by atoms with Crippen molar-refractivity contribution in [2.45, 2.75) is 39.2 Å². The fourth-order valence-electron chi connectivity index (χ4n) is 1.13. The highest BCUT2D eigenvalue weighted by molar-refractivity contribution is 5.75. The molecule has 0 aliphatic rings. The van der Waals surface area contributed by atoms with Gasteiger partial charge in [-0.25, -0.2) is 0 Å². The Morgan fingerprint density at radius 2 is 1.65 bits per heavy atom. The monoisotopic (exact) mass is 244 g/mol. The number of rotatable bonds is 6. The molecule has 17 heavy (non-hydrogen) atoms. The second-order valence-corrected chi connectivity index (χ2v) is 5.12. The Kier molecular flexibility index (Phi) is 6.80. The minimum Gasteiger partial charge on any atom is -0.460 e. The van der Waals surface area contributed by atoms with Crippen LogP contribution in [0.15, 0.2) is 0 Å². The summed E-state index contributed by atoms with van der Waals surface area (Å²) in [6.45, 7) is 6.64. The van der Waals surface area contributed by atoms with Crippen LogP contribution >= 0.6 is 0 Å². The molecule has 0 aromatic rings. The van der Waals surface area contributed by atoms with Crippen molar-refractivity contribution >= 4 is 11.9 Å². The Hall–Kier alpha value is -1.10. The first-order chi connectivity index (χ1) is 7.72. The average Bonchev–Trinajstić information content (AvgIpc) is 2.13. The topological polar surface area (TPSA) is 58.6 Å². The highest BCUT2D eigenvalue weighted by Crippen LogP contribution is 2.07. The van der Waals surface area contributed by atoms with E-state index in [2.05, 4.69) is 5.32 Å². The van der Waals surface area contributed by atoms with Gasteiger partial charge in [-0.05, 0) is 20.8 Å². The van der Waals surface area contributed by atoms with E-state index >= 15 is 0 Å². The molecule has 0 saturated carbocycles. The molecule has 1 amide bonds.